The van der Waals surface area contributed by atoms with E-state index in [0.717, 1.165) is 83.5 Å². The van der Waals surface area contributed by atoms with E-state index in [1.807, 2.05) is 0 Å². The maximum Gasteiger partial charge on any atom is 0.306 e. The first-order valence-electron chi connectivity index (χ1n) is 22.5. The van der Waals surface area contributed by atoms with E-state index < -0.39 is 6.10 Å². The van der Waals surface area contributed by atoms with Crippen molar-refractivity contribution in [1.82, 2.24) is 0 Å². The summed E-state index contributed by atoms with van der Waals surface area (Å²) in [6.45, 7) is 6.45. The largest absolute Gasteiger partial charge is 0.462 e. The van der Waals surface area contributed by atoms with Crippen LogP contribution in [0.1, 0.15) is 226 Å². The summed E-state index contributed by atoms with van der Waals surface area (Å²) in [5.41, 5.74) is 0. The Morgan fingerprint density at radius 3 is 1.21 bits per heavy atom. The normalized spacial score (nSPS) is 12.3. The molecule has 0 aromatic rings. The molecule has 0 aliphatic rings. The lowest BCUT2D eigenvalue weighted by atomic mass is 10.0. The maximum atomic E-state index is 12.7. The fraction of sp³-hybridized carbons (Fsp3) is 0.809. The van der Waals surface area contributed by atoms with E-state index in [1.54, 1.807) is 0 Å². The Labute approximate surface area is 327 Å². The van der Waals surface area contributed by atoms with Crippen LogP contribution in [0.15, 0.2) is 36.5 Å². The molecule has 0 spiro atoms. The summed E-state index contributed by atoms with van der Waals surface area (Å²) in [4.78, 5) is 37.6. The van der Waals surface area contributed by atoms with Crippen LogP contribution in [-0.2, 0) is 28.6 Å². The first-order chi connectivity index (χ1) is 26.0. The van der Waals surface area contributed by atoms with Gasteiger partial charge in [0.25, 0.3) is 0 Å². The molecule has 0 aromatic carbocycles. The third-order valence-electron chi connectivity index (χ3n) is 9.63. The zero-order valence-corrected chi connectivity index (χ0v) is 35.0. The number of unbranched alkanes of at least 4 members (excludes halogenated alkanes) is 23. The first-order valence-corrected chi connectivity index (χ1v) is 22.5. The molecule has 0 aliphatic carbocycles. The van der Waals surface area contributed by atoms with E-state index in [2.05, 4.69) is 57.2 Å². The number of carbonyl (C=O) groups excluding carboxylic acids is 3. The summed E-state index contributed by atoms with van der Waals surface area (Å²) < 4.78 is 16.6. The van der Waals surface area contributed by atoms with Crippen LogP contribution >= 0.6 is 0 Å². The maximum absolute atomic E-state index is 12.7. The number of rotatable bonds is 40. The minimum Gasteiger partial charge on any atom is -0.462 e. The third kappa shape index (κ3) is 40.6. The van der Waals surface area contributed by atoms with Crippen molar-refractivity contribution in [2.24, 2.45) is 0 Å². The highest BCUT2D eigenvalue weighted by Crippen LogP contribution is 2.14. The average molecular weight is 745 g/mol. The van der Waals surface area contributed by atoms with Gasteiger partial charge in [-0.25, -0.2) is 0 Å². The van der Waals surface area contributed by atoms with E-state index in [0.29, 0.717) is 19.3 Å². The SMILES string of the molecule is CC/C=C\C/C=C\CCCCC(=O)OCC(COC(=O)CCCCC/C=C\CCCCCCCCC)OC(=O)CCCCCCCCCCCCCC. The van der Waals surface area contributed by atoms with E-state index in [1.165, 1.54) is 103 Å². The monoisotopic (exact) mass is 745 g/mol. The van der Waals surface area contributed by atoms with Crippen LogP contribution in [-0.4, -0.2) is 37.2 Å². The van der Waals surface area contributed by atoms with E-state index in [9.17, 15) is 14.4 Å². The lowest BCUT2D eigenvalue weighted by Crippen LogP contribution is -2.30. The molecule has 0 rings (SSSR count). The molecular weight excluding hydrogens is 661 g/mol. The van der Waals surface area contributed by atoms with Crippen molar-refractivity contribution in [3.8, 4) is 0 Å². The molecule has 0 fully saturated rings. The van der Waals surface area contributed by atoms with Crippen molar-refractivity contribution in [3.05, 3.63) is 36.5 Å². The van der Waals surface area contributed by atoms with Gasteiger partial charge in [0, 0.05) is 19.3 Å². The predicted molar refractivity (Wildman–Crippen MR) is 224 cm³/mol. The van der Waals surface area contributed by atoms with Crippen molar-refractivity contribution in [1.29, 1.82) is 0 Å². The van der Waals surface area contributed by atoms with Crippen LogP contribution < -0.4 is 0 Å². The van der Waals surface area contributed by atoms with Crippen molar-refractivity contribution >= 4 is 17.9 Å². The Morgan fingerprint density at radius 2 is 0.736 bits per heavy atom. The Hall–Kier alpha value is -2.37. The van der Waals surface area contributed by atoms with Gasteiger partial charge in [-0.15, -0.1) is 0 Å². The van der Waals surface area contributed by atoms with Crippen LogP contribution in [0.5, 0.6) is 0 Å². The number of esters is 3. The number of hydrogen-bond acceptors (Lipinski definition) is 6. The molecule has 0 bridgehead atoms. The standard InChI is InChI=1S/C47H84O6/c1-4-7-10-13-16-19-21-23-24-26-28-31-34-37-40-46(49)52-43-44(42-51-45(48)39-36-33-30-27-18-15-12-9-6-3)53-47(50)41-38-35-32-29-25-22-20-17-14-11-8-5-2/h9,12,18,24,26-27,44H,4-8,10-11,13-17,19-23,25,28-43H2,1-3H3/b12-9-,26-24-,27-18-. The average Bonchev–Trinajstić information content (AvgIpc) is 3.15. The Morgan fingerprint density at radius 1 is 0.396 bits per heavy atom. The zero-order valence-electron chi connectivity index (χ0n) is 35.0. The van der Waals surface area contributed by atoms with Crippen molar-refractivity contribution in [2.75, 3.05) is 13.2 Å². The Balaban J connectivity index is 4.38. The fourth-order valence-corrected chi connectivity index (χ4v) is 6.24. The lowest BCUT2D eigenvalue weighted by Gasteiger charge is -2.18. The summed E-state index contributed by atoms with van der Waals surface area (Å²) in [6, 6.07) is 0. The fourth-order valence-electron chi connectivity index (χ4n) is 6.24. The van der Waals surface area contributed by atoms with Crippen LogP contribution in [0.4, 0.5) is 0 Å². The molecule has 0 N–H and O–H groups in total. The number of allylic oxidation sites excluding steroid dienone is 6. The van der Waals surface area contributed by atoms with E-state index in [4.69, 9.17) is 14.2 Å². The van der Waals surface area contributed by atoms with Gasteiger partial charge in [0.15, 0.2) is 6.10 Å². The second-order valence-corrected chi connectivity index (χ2v) is 14.9. The summed E-state index contributed by atoms with van der Waals surface area (Å²) in [5.74, 6) is -0.939. The highest BCUT2D eigenvalue weighted by atomic mass is 16.6. The molecule has 0 aromatic heterocycles. The molecule has 0 heterocycles. The molecule has 0 aliphatic heterocycles. The van der Waals surface area contributed by atoms with Gasteiger partial charge in [-0.1, -0.05) is 173 Å². The molecule has 0 amide bonds. The highest BCUT2D eigenvalue weighted by Gasteiger charge is 2.19. The van der Waals surface area contributed by atoms with Crippen molar-refractivity contribution in [2.45, 2.75) is 232 Å². The topological polar surface area (TPSA) is 78.9 Å². The summed E-state index contributed by atoms with van der Waals surface area (Å²) in [7, 11) is 0. The molecule has 308 valence electrons. The van der Waals surface area contributed by atoms with Crippen molar-refractivity contribution < 1.29 is 28.6 Å². The van der Waals surface area contributed by atoms with Gasteiger partial charge >= 0.3 is 17.9 Å². The van der Waals surface area contributed by atoms with Crippen LogP contribution in [0.2, 0.25) is 0 Å². The second-order valence-electron chi connectivity index (χ2n) is 14.9. The lowest BCUT2D eigenvalue weighted by molar-refractivity contribution is -0.167. The number of carbonyl (C=O) groups is 3. The molecule has 0 saturated carbocycles. The van der Waals surface area contributed by atoms with E-state index >= 15 is 0 Å². The molecule has 0 saturated heterocycles. The van der Waals surface area contributed by atoms with Gasteiger partial charge in [-0.05, 0) is 70.6 Å². The summed E-state index contributed by atoms with van der Waals surface area (Å²) in [6.07, 6.45) is 47.1. The molecule has 6 heteroatoms. The molecule has 1 unspecified atom stereocenters. The minimum absolute atomic E-state index is 0.0884. The van der Waals surface area contributed by atoms with Crippen molar-refractivity contribution in [3.63, 3.8) is 0 Å². The second kappa shape index (κ2) is 42.4. The number of hydrogen-bond donors (Lipinski definition) is 0. The molecule has 6 nitrogen and oxygen atoms in total. The molecular formula is C47H84O6. The van der Waals surface area contributed by atoms with Gasteiger partial charge in [0.2, 0.25) is 0 Å². The smallest absolute Gasteiger partial charge is 0.306 e. The van der Waals surface area contributed by atoms with Crippen LogP contribution in [0.3, 0.4) is 0 Å². The predicted octanol–water partition coefficient (Wildman–Crippen LogP) is 14.2. The van der Waals surface area contributed by atoms with Crippen LogP contribution in [0, 0.1) is 0 Å². The molecule has 0 radical (unpaired) electrons. The first kappa shape index (κ1) is 50.6. The molecule has 53 heavy (non-hydrogen) atoms. The molecule has 1 atom stereocenters. The quantitative estimate of drug-likeness (QED) is 0.0269. The summed E-state index contributed by atoms with van der Waals surface area (Å²) >= 11 is 0. The Kier molecular flexibility index (Phi) is 40.5. The number of ether oxygens (including phenoxy) is 3. The van der Waals surface area contributed by atoms with Gasteiger partial charge in [0.1, 0.15) is 13.2 Å². The minimum atomic E-state index is -0.784. The van der Waals surface area contributed by atoms with Gasteiger partial charge in [0.05, 0.1) is 0 Å². The van der Waals surface area contributed by atoms with Crippen LogP contribution in [0.25, 0.3) is 0 Å². The third-order valence-corrected chi connectivity index (χ3v) is 9.63. The van der Waals surface area contributed by atoms with Gasteiger partial charge in [-0.2, -0.15) is 0 Å². The van der Waals surface area contributed by atoms with Gasteiger partial charge in [-0.3, -0.25) is 14.4 Å². The van der Waals surface area contributed by atoms with Gasteiger partial charge < -0.3 is 14.2 Å². The zero-order chi connectivity index (χ0) is 38.7. The van der Waals surface area contributed by atoms with E-state index in [-0.39, 0.29) is 31.1 Å². The Bertz CT molecular complexity index is 907. The highest BCUT2D eigenvalue weighted by molar-refractivity contribution is 5.71. The summed E-state index contributed by atoms with van der Waals surface area (Å²) in [5, 5.41) is 0.